The van der Waals surface area contributed by atoms with Crippen LogP contribution >= 0.6 is 15.9 Å². The Bertz CT molecular complexity index is 208. The summed E-state index contributed by atoms with van der Waals surface area (Å²) in [6, 6.07) is 0.440. The third-order valence-corrected chi connectivity index (χ3v) is 3.36. The minimum absolute atomic E-state index is 0.182. The molecule has 1 atom stereocenters. The Morgan fingerprint density at radius 1 is 1.29 bits per heavy atom. The van der Waals surface area contributed by atoms with Crippen molar-refractivity contribution in [3.63, 3.8) is 0 Å². The molecule has 3 nitrogen and oxygen atoms in total. The van der Waals surface area contributed by atoms with E-state index >= 15 is 0 Å². The summed E-state index contributed by atoms with van der Waals surface area (Å²) in [5.74, 6) is 0.842. The second-order valence-corrected chi connectivity index (χ2v) is 5.99. The normalized spacial score (nSPS) is 13.1. The van der Waals surface area contributed by atoms with Gasteiger partial charge in [-0.2, -0.15) is 0 Å². The van der Waals surface area contributed by atoms with E-state index in [1.54, 1.807) is 0 Å². The van der Waals surface area contributed by atoms with Gasteiger partial charge in [0.15, 0.2) is 0 Å². The zero-order valence-corrected chi connectivity index (χ0v) is 13.2. The Morgan fingerprint density at radius 3 is 2.41 bits per heavy atom. The van der Waals surface area contributed by atoms with E-state index in [0.29, 0.717) is 18.4 Å². The van der Waals surface area contributed by atoms with Crippen molar-refractivity contribution in [3.8, 4) is 0 Å². The van der Waals surface area contributed by atoms with E-state index in [1.165, 1.54) is 0 Å². The van der Waals surface area contributed by atoms with Crippen molar-refractivity contribution in [2.45, 2.75) is 45.6 Å². The van der Waals surface area contributed by atoms with Crippen LogP contribution in [-0.2, 0) is 4.79 Å². The molecule has 0 aromatic heterocycles. The summed E-state index contributed by atoms with van der Waals surface area (Å²) in [5.41, 5.74) is 0. The number of nitrogens with one attached hydrogen (secondary N) is 1. The van der Waals surface area contributed by atoms with Gasteiger partial charge in [0.1, 0.15) is 0 Å². The number of alkyl halides is 1. The first-order chi connectivity index (χ1) is 7.97. The van der Waals surface area contributed by atoms with Crippen LogP contribution in [0.15, 0.2) is 0 Å². The van der Waals surface area contributed by atoms with Crippen LogP contribution in [0.3, 0.4) is 0 Å². The predicted molar refractivity (Wildman–Crippen MR) is 77.6 cm³/mol. The Morgan fingerprint density at radius 2 is 1.94 bits per heavy atom. The minimum Gasteiger partial charge on any atom is -0.355 e. The molecule has 0 aliphatic carbocycles. The molecule has 17 heavy (non-hydrogen) atoms. The topological polar surface area (TPSA) is 32.3 Å². The van der Waals surface area contributed by atoms with E-state index < -0.39 is 0 Å². The van der Waals surface area contributed by atoms with Gasteiger partial charge >= 0.3 is 0 Å². The van der Waals surface area contributed by atoms with Gasteiger partial charge in [0, 0.05) is 24.3 Å². The number of halogens is 1. The number of carbonyl (C=O) groups is 1. The molecule has 0 radical (unpaired) electrons. The van der Waals surface area contributed by atoms with E-state index in [-0.39, 0.29) is 5.91 Å². The van der Waals surface area contributed by atoms with Gasteiger partial charge in [-0.3, -0.25) is 4.79 Å². The number of rotatable bonds is 9. The van der Waals surface area contributed by atoms with Gasteiger partial charge in [-0.05, 0) is 39.3 Å². The molecule has 0 aromatic rings. The van der Waals surface area contributed by atoms with Crippen molar-refractivity contribution in [3.05, 3.63) is 0 Å². The lowest BCUT2D eigenvalue weighted by atomic mass is 10.0. The molecule has 1 N–H and O–H groups in total. The largest absolute Gasteiger partial charge is 0.355 e. The maximum atomic E-state index is 11.6. The predicted octanol–water partition coefficient (Wildman–Crippen LogP) is 2.64. The monoisotopic (exact) mass is 306 g/mol. The van der Waals surface area contributed by atoms with Crippen LogP contribution in [0.5, 0.6) is 0 Å². The summed E-state index contributed by atoms with van der Waals surface area (Å²) in [7, 11) is 4.15. The number of nitrogens with zero attached hydrogens (tertiary/aromatic N) is 1. The average molecular weight is 307 g/mol. The third kappa shape index (κ3) is 9.60. The Kier molecular flexibility index (Phi) is 9.84. The molecule has 0 rings (SSSR count). The lowest BCUT2D eigenvalue weighted by Gasteiger charge is -2.26. The van der Waals surface area contributed by atoms with Crippen molar-refractivity contribution < 1.29 is 4.79 Å². The SMILES string of the molecule is CC(C)CC(CNC(=O)CCCCBr)N(C)C. The van der Waals surface area contributed by atoms with E-state index in [4.69, 9.17) is 0 Å². The zero-order chi connectivity index (χ0) is 13.3. The van der Waals surface area contributed by atoms with Crippen molar-refractivity contribution in [2.24, 2.45) is 5.92 Å². The lowest BCUT2D eigenvalue weighted by Crippen LogP contribution is -2.41. The molecule has 1 unspecified atom stereocenters. The van der Waals surface area contributed by atoms with Gasteiger partial charge in [-0.25, -0.2) is 0 Å². The van der Waals surface area contributed by atoms with E-state index in [0.717, 1.165) is 31.1 Å². The zero-order valence-electron chi connectivity index (χ0n) is 11.6. The van der Waals surface area contributed by atoms with Crippen molar-refractivity contribution in [2.75, 3.05) is 26.0 Å². The molecule has 0 saturated heterocycles. The second kappa shape index (κ2) is 9.89. The first-order valence-corrected chi connectivity index (χ1v) is 7.58. The van der Waals surface area contributed by atoms with Gasteiger partial charge in [-0.15, -0.1) is 0 Å². The fourth-order valence-corrected chi connectivity index (χ4v) is 2.12. The number of hydrogen-bond acceptors (Lipinski definition) is 2. The molecule has 0 aliphatic rings. The fraction of sp³-hybridized carbons (Fsp3) is 0.923. The summed E-state index contributed by atoms with van der Waals surface area (Å²) in [5, 5.41) is 4.01. The van der Waals surface area contributed by atoms with E-state index in [1.807, 2.05) is 0 Å². The number of likely N-dealkylation sites (N-methyl/N-ethyl adjacent to an activating group) is 1. The molecular weight excluding hydrogens is 280 g/mol. The lowest BCUT2D eigenvalue weighted by molar-refractivity contribution is -0.121. The van der Waals surface area contributed by atoms with Gasteiger partial charge in [0.05, 0.1) is 0 Å². The van der Waals surface area contributed by atoms with Crippen LogP contribution in [0, 0.1) is 5.92 Å². The number of amides is 1. The summed E-state index contributed by atoms with van der Waals surface area (Å²) in [6.45, 7) is 5.20. The molecule has 0 bridgehead atoms. The van der Waals surface area contributed by atoms with Crippen molar-refractivity contribution in [1.82, 2.24) is 10.2 Å². The van der Waals surface area contributed by atoms with Gasteiger partial charge < -0.3 is 10.2 Å². The average Bonchev–Trinajstić information content (AvgIpc) is 2.23. The number of unbranched alkanes of at least 4 members (excludes halogenated alkanes) is 1. The van der Waals surface area contributed by atoms with Crippen LogP contribution in [0.4, 0.5) is 0 Å². The summed E-state index contributed by atoms with van der Waals surface area (Å²) < 4.78 is 0. The first-order valence-electron chi connectivity index (χ1n) is 6.46. The Hall–Kier alpha value is -0.0900. The van der Waals surface area contributed by atoms with Crippen LogP contribution < -0.4 is 5.32 Å². The summed E-state index contributed by atoms with van der Waals surface area (Å²) >= 11 is 3.37. The summed E-state index contributed by atoms with van der Waals surface area (Å²) in [6.07, 6.45) is 3.80. The molecule has 0 fully saturated rings. The molecule has 0 saturated carbocycles. The van der Waals surface area contributed by atoms with Crippen LogP contribution in [0.1, 0.15) is 39.5 Å². The Labute approximate surface area is 114 Å². The quantitative estimate of drug-likeness (QED) is 0.525. The molecular formula is C13H27BrN2O. The highest BCUT2D eigenvalue weighted by molar-refractivity contribution is 9.09. The van der Waals surface area contributed by atoms with Crippen LogP contribution in [-0.4, -0.2) is 42.8 Å². The molecule has 4 heteroatoms. The maximum Gasteiger partial charge on any atom is 0.220 e. The van der Waals surface area contributed by atoms with Gasteiger partial charge in [-0.1, -0.05) is 29.8 Å². The maximum absolute atomic E-state index is 11.6. The molecule has 0 heterocycles. The number of hydrogen-bond donors (Lipinski definition) is 1. The van der Waals surface area contributed by atoms with Gasteiger partial charge in [0.2, 0.25) is 5.91 Å². The first kappa shape index (κ1) is 16.9. The fourth-order valence-electron chi connectivity index (χ4n) is 1.72. The van der Waals surface area contributed by atoms with Crippen molar-refractivity contribution >= 4 is 21.8 Å². The molecule has 0 spiro atoms. The highest BCUT2D eigenvalue weighted by Crippen LogP contribution is 2.08. The second-order valence-electron chi connectivity index (χ2n) is 5.20. The number of carbonyl (C=O) groups excluding carboxylic acids is 1. The standard InChI is InChI=1S/C13H27BrN2O/c1-11(2)9-12(16(3)4)10-15-13(17)7-5-6-8-14/h11-12H,5-10H2,1-4H3,(H,15,17). The molecule has 102 valence electrons. The third-order valence-electron chi connectivity index (χ3n) is 2.80. The molecule has 1 amide bonds. The highest BCUT2D eigenvalue weighted by Gasteiger charge is 2.14. The Balaban J connectivity index is 3.83. The minimum atomic E-state index is 0.182. The smallest absolute Gasteiger partial charge is 0.220 e. The molecule has 0 aliphatic heterocycles. The van der Waals surface area contributed by atoms with Gasteiger partial charge in [0.25, 0.3) is 0 Å². The van der Waals surface area contributed by atoms with E-state index in [9.17, 15) is 4.79 Å². The van der Waals surface area contributed by atoms with Crippen LogP contribution in [0.2, 0.25) is 0 Å². The van der Waals surface area contributed by atoms with Crippen molar-refractivity contribution in [1.29, 1.82) is 0 Å². The summed E-state index contributed by atoms with van der Waals surface area (Å²) in [4.78, 5) is 13.8. The molecule has 0 aromatic carbocycles. The van der Waals surface area contributed by atoms with Crippen LogP contribution in [0.25, 0.3) is 0 Å². The highest BCUT2D eigenvalue weighted by atomic mass is 79.9. The van der Waals surface area contributed by atoms with E-state index in [2.05, 4.69) is 54.1 Å².